The molecule has 34 heteroatoms. The van der Waals surface area contributed by atoms with Crippen molar-refractivity contribution >= 4 is 25.9 Å². The molecule has 0 aromatic carbocycles. The first-order chi connectivity index (χ1) is 57.7. The van der Waals surface area contributed by atoms with E-state index in [2.05, 4.69) is 19.2 Å². The van der Waals surface area contributed by atoms with Crippen molar-refractivity contribution in [3.63, 3.8) is 0 Å². The summed E-state index contributed by atoms with van der Waals surface area (Å²) in [6.07, 6.45) is 29.2. The first-order valence-electron chi connectivity index (χ1n) is 44.2. The molecule has 1 unspecified atom stereocenters. The van der Waals surface area contributed by atoms with Crippen molar-refractivity contribution in [1.82, 2.24) is 5.32 Å². The molecule has 0 aliphatic carbocycles. The van der Waals surface area contributed by atoms with Gasteiger partial charge < -0.3 is 129 Å². The summed E-state index contributed by atoms with van der Waals surface area (Å²) in [7, 11) is -3.02. The smallest absolute Gasteiger partial charge is 0.462 e. The van der Waals surface area contributed by atoms with Crippen LogP contribution >= 0.6 is 7.82 Å². The minimum Gasteiger partial charge on any atom is -0.462 e. The Bertz CT molecular complexity index is 2010. The van der Waals surface area contributed by atoms with Crippen LogP contribution in [-0.4, -0.2) is 353 Å². The Balaban J connectivity index is 3.64. The van der Waals surface area contributed by atoms with E-state index in [0.29, 0.717) is 284 Å². The van der Waals surface area contributed by atoms with Crippen molar-refractivity contribution in [3.05, 3.63) is 0 Å². The quantitative estimate of drug-likeness (QED) is 0.0247. The maximum absolute atomic E-state index is 12.9. The number of rotatable bonds is 104. The molecular formula is C83H164NO32P. The van der Waals surface area contributed by atoms with Gasteiger partial charge in [-0.15, -0.1) is 0 Å². The summed E-state index contributed by atoms with van der Waals surface area (Å²) in [5.41, 5.74) is 0. The maximum atomic E-state index is 12.9. The number of methoxy groups -OCH3 is 1. The Hall–Kier alpha value is -2.56. The first-order valence-corrected chi connectivity index (χ1v) is 45.7. The minimum absolute atomic E-state index is 0.0386. The number of hydrogen-bond acceptors (Lipinski definition) is 31. The average Bonchev–Trinajstić information content (AvgIpc) is 0.907. The largest absolute Gasteiger partial charge is 0.472 e. The molecule has 0 saturated heterocycles. The number of phosphoric ester groups is 1. The lowest BCUT2D eigenvalue weighted by Crippen LogP contribution is -2.30. The third-order valence-corrected chi connectivity index (χ3v) is 18.1. The molecule has 0 saturated carbocycles. The van der Waals surface area contributed by atoms with E-state index < -0.39 is 38.6 Å². The molecule has 0 spiro atoms. The van der Waals surface area contributed by atoms with Crippen LogP contribution < -0.4 is 5.32 Å². The summed E-state index contributed by atoms with van der Waals surface area (Å²) in [5, 5.41) is 2.43. The van der Waals surface area contributed by atoms with Crippen molar-refractivity contribution in [3.8, 4) is 0 Å². The molecule has 0 aliphatic heterocycles. The number of unbranched alkanes of at least 4 members (excludes halogenated alkanes) is 24. The van der Waals surface area contributed by atoms with Crippen LogP contribution in [0.1, 0.15) is 194 Å². The molecule has 0 aliphatic rings. The van der Waals surface area contributed by atoms with Gasteiger partial charge in [-0.3, -0.25) is 18.6 Å². The molecule has 2 N–H and O–H groups in total. The highest BCUT2D eigenvalue weighted by molar-refractivity contribution is 7.47. The van der Waals surface area contributed by atoms with Crippen LogP contribution in [0.5, 0.6) is 0 Å². The molecule has 117 heavy (non-hydrogen) atoms. The second-order valence-electron chi connectivity index (χ2n) is 27.3. The second-order valence-corrected chi connectivity index (χ2v) is 28.7. The van der Waals surface area contributed by atoms with Crippen LogP contribution in [-0.2, 0) is 142 Å². The number of amides is 1. The van der Waals surface area contributed by atoms with Crippen LogP contribution in [0.25, 0.3) is 0 Å². The van der Waals surface area contributed by atoms with Crippen molar-refractivity contribution in [2.24, 2.45) is 0 Å². The van der Waals surface area contributed by atoms with Gasteiger partial charge in [0.2, 0.25) is 0 Å². The highest BCUT2D eigenvalue weighted by Gasteiger charge is 2.26. The van der Waals surface area contributed by atoms with Crippen molar-refractivity contribution < 1.29 is 151 Å². The summed E-state index contributed by atoms with van der Waals surface area (Å²) in [5.74, 6) is -0.939. The van der Waals surface area contributed by atoms with Crippen molar-refractivity contribution in [2.45, 2.75) is 200 Å². The molecular weight excluding hydrogens is 1550 g/mol. The zero-order chi connectivity index (χ0) is 84.3. The number of hydrogen-bond donors (Lipinski definition) is 2. The van der Waals surface area contributed by atoms with E-state index in [9.17, 15) is 23.8 Å². The minimum atomic E-state index is -4.66. The normalized spacial score (nSPS) is 12.4. The summed E-state index contributed by atoms with van der Waals surface area (Å²) >= 11 is 0. The van der Waals surface area contributed by atoms with Gasteiger partial charge in [0.1, 0.15) is 13.2 Å². The Morgan fingerprint density at radius 2 is 0.470 bits per heavy atom. The van der Waals surface area contributed by atoms with Gasteiger partial charge in [0.15, 0.2) is 6.10 Å². The van der Waals surface area contributed by atoms with Crippen LogP contribution in [0, 0.1) is 0 Å². The van der Waals surface area contributed by atoms with E-state index in [0.717, 1.165) is 38.5 Å². The number of esters is 2. The number of alkyl carbamates (subject to hydrolysis) is 1. The monoisotopic (exact) mass is 1720 g/mol. The van der Waals surface area contributed by atoms with E-state index in [-0.39, 0.29) is 52.4 Å². The first kappa shape index (κ1) is 114. The zero-order valence-corrected chi connectivity index (χ0v) is 73.8. The summed E-state index contributed by atoms with van der Waals surface area (Å²) in [6, 6.07) is 0. The third kappa shape index (κ3) is 100. The van der Waals surface area contributed by atoms with E-state index >= 15 is 0 Å². The van der Waals surface area contributed by atoms with Crippen LogP contribution in [0.2, 0.25) is 0 Å². The zero-order valence-electron chi connectivity index (χ0n) is 72.9. The highest BCUT2D eigenvalue weighted by Crippen LogP contribution is 2.43. The van der Waals surface area contributed by atoms with Crippen LogP contribution in [0.4, 0.5) is 4.79 Å². The molecule has 0 aromatic heterocycles. The molecule has 1 amide bonds. The number of phosphoric acid groups is 1. The maximum Gasteiger partial charge on any atom is 0.472 e. The van der Waals surface area contributed by atoms with Crippen LogP contribution in [0.3, 0.4) is 0 Å². The number of carbonyl (C=O) groups is 3. The molecule has 0 radical (unpaired) electrons. The predicted molar refractivity (Wildman–Crippen MR) is 442 cm³/mol. The molecule has 0 bridgehead atoms. The number of ether oxygens (including phenoxy) is 25. The van der Waals surface area contributed by atoms with Gasteiger partial charge in [0.25, 0.3) is 0 Å². The third-order valence-electron chi connectivity index (χ3n) is 17.1. The second kappa shape index (κ2) is 101. The summed E-state index contributed by atoms with van der Waals surface area (Å²) < 4.78 is 160. The van der Waals surface area contributed by atoms with Gasteiger partial charge in [0.05, 0.1) is 297 Å². The Morgan fingerprint density at radius 3 is 0.709 bits per heavy atom. The fourth-order valence-corrected chi connectivity index (χ4v) is 11.4. The van der Waals surface area contributed by atoms with Gasteiger partial charge in [-0.1, -0.05) is 168 Å². The average molecular weight is 1720 g/mol. The molecule has 0 rings (SSSR count). The Morgan fingerprint density at radius 1 is 0.256 bits per heavy atom. The van der Waals surface area contributed by atoms with Crippen LogP contribution in [0.15, 0.2) is 0 Å². The van der Waals surface area contributed by atoms with Crippen molar-refractivity contribution in [1.29, 1.82) is 0 Å². The number of nitrogens with one attached hydrogen (secondary N) is 1. The fraction of sp³-hybridized carbons (Fsp3) is 0.964. The summed E-state index contributed by atoms with van der Waals surface area (Å²) in [4.78, 5) is 48.1. The molecule has 0 aromatic rings. The molecule has 0 fully saturated rings. The van der Waals surface area contributed by atoms with Gasteiger partial charge in [-0.25, -0.2) is 9.36 Å². The van der Waals surface area contributed by atoms with Gasteiger partial charge >= 0.3 is 25.9 Å². The Kier molecular flexibility index (Phi) is 98.3. The molecule has 2 atom stereocenters. The lowest BCUT2D eigenvalue weighted by Gasteiger charge is -2.20. The van der Waals surface area contributed by atoms with Gasteiger partial charge in [-0.2, -0.15) is 0 Å². The molecule has 33 nitrogen and oxygen atoms in total. The topological polar surface area (TPSA) is 350 Å². The van der Waals surface area contributed by atoms with Crippen molar-refractivity contribution in [2.75, 3.05) is 324 Å². The Labute approximate surface area is 703 Å². The summed E-state index contributed by atoms with van der Waals surface area (Å²) in [6.45, 7) is 22.7. The highest BCUT2D eigenvalue weighted by atomic mass is 31.2. The lowest BCUT2D eigenvalue weighted by molar-refractivity contribution is -0.161. The van der Waals surface area contributed by atoms with Gasteiger partial charge in [-0.05, 0) is 12.8 Å². The predicted octanol–water partition coefficient (Wildman–Crippen LogP) is 11.3. The van der Waals surface area contributed by atoms with E-state index in [4.69, 9.17) is 127 Å². The lowest BCUT2D eigenvalue weighted by atomic mass is 10.0. The SMILES string of the molecule is CCCCCCCCCCCCCCCC(=O)OC[C@H](COP(=O)(O)OCCNC(=O)OCCOCCOCCOCCOCCOCCOCCOCCOCCOCCOCCOCCOCCOCCOCCOCCOCCOCCOCCOCCOCCOCCOC)OC(=O)CCCCCCCCCCCCCCC. The van der Waals surface area contributed by atoms with E-state index in [1.165, 1.54) is 116 Å². The fourth-order valence-electron chi connectivity index (χ4n) is 10.6. The van der Waals surface area contributed by atoms with Gasteiger partial charge in [0, 0.05) is 26.5 Å². The number of carbonyl (C=O) groups excluding carboxylic acids is 3. The van der Waals surface area contributed by atoms with E-state index in [1.807, 2.05) is 0 Å². The van der Waals surface area contributed by atoms with E-state index in [1.54, 1.807) is 7.11 Å². The molecule has 0 heterocycles. The molecule has 698 valence electrons. The standard InChI is InChI=1S/C83H164NO32P/c1-4-6-8-10-12-14-16-18-20-22-24-26-28-30-81(85)113-78-80(116-82(86)31-29-27-25-23-21-19-17-15-13-11-9-7-5-2)79-115-117(88,89)114-33-32-84-83(87)112-77-76-111-75-74-110-73-72-109-71-70-108-69-68-107-67-66-106-65-64-105-63-62-104-61-60-103-59-58-102-57-56-101-55-54-100-53-52-99-51-50-98-49-48-97-47-46-96-45-44-95-43-42-94-41-40-93-39-38-92-37-36-91-35-34-90-3/h80H,4-79H2,1-3H3,(H,84,87)(H,88,89)/t80-/m1/s1.